The standard InChI is InChI=1S/C10H8NO.3C4H9.Sn/c1-3-9-4-6-10(7-5-9)11-8(2)12;3*1-3-4-2;/h4-7H,2H3,(H,11,12);3*1,3-4H2,2H3;. The first-order valence-electron chi connectivity index (χ1n) is 9.96. The molecule has 0 aliphatic carbocycles. The topological polar surface area (TPSA) is 29.1 Å². The zero-order chi connectivity index (χ0) is 18.5. The van der Waals surface area contributed by atoms with Gasteiger partial charge in [-0.25, -0.2) is 0 Å². The summed E-state index contributed by atoms with van der Waals surface area (Å²) < 4.78 is 8.14. The Morgan fingerprint density at radius 2 is 1.40 bits per heavy atom. The van der Waals surface area contributed by atoms with Crippen LogP contribution >= 0.6 is 0 Å². The van der Waals surface area contributed by atoms with Crippen LogP contribution in [0.4, 0.5) is 5.69 Å². The van der Waals surface area contributed by atoms with Gasteiger partial charge in [0, 0.05) is 0 Å². The Labute approximate surface area is 159 Å². The van der Waals surface area contributed by atoms with Gasteiger partial charge in [-0.05, 0) is 0 Å². The first-order valence-corrected chi connectivity index (χ1v) is 17.4. The SMILES string of the molecule is CCC[CH2][Sn]([C]#Cc1ccc(NC(C)=O)cc1)([CH2]CCC)[CH2]CCC. The van der Waals surface area contributed by atoms with Gasteiger partial charge in [-0.15, -0.1) is 0 Å². The molecule has 0 radical (unpaired) electrons. The maximum absolute atomic E-state index is 11.1. The predicted molar refractivity (Wildman–Crippen MR) is 113 cm³/mol. The van der Waals surface area contributed by atoms with E-state index in [4.69, 9.17) is 0 Å². The molecule has 0 aliphatic rings. The van der Waals surface area contributed by atoms with Crippen molar-refractivity contribution in [2.75, 3.05) is 5.32 Å². The van der Waals surface area contributed by atoms with Crippen LogP contribution in [0.1, 0.15) is 71.8 Å². The summed E-state index contributed by atoms with van der Waals surface area (Å²) in [4.78, 5) is 11.1. The molecule has 25 heavy (non-hydrogen) atoms. The first-order chi connectivity index (χ1) is 12.0. The minimum atomic E-state index is -2.37. The van der Waals surface area contributed by atoms with Gasteiger partial charge in [0.1, 0.15) is 0 Å². The summed E-state index contributed by atoms with van der Waals surface area (Å²) >= 11 is -2.37. The zero-order valence-electron chi connectivity index (χ0n) is 16.6. The molecule has 0 heterocycles. The van der Waals surface area contributed by atoms with Crippen LogP contribution in [0.15, 0.2) is 24.3 Å². The second-order valence-electron chi connectivity index (χ2n) is 7.10. The summed E-state index contributed by atoms with van der Waals surface area (Å²) in [6, 6.07) is 7.97. The van der Waals surface area contributed by atoms with Gasteiger partial charge in [-0.2, -0.15) is 0 Å². The molecule has 2 nitrogen and oxygen atoms in total. The van der Waals surface area contributed by atoms with Crippen LogP contribution in [-0.4, -0.2) is 24.3 Å². The normalized spacial score (nSPS) is 10.9. The molecule has 1 N–H and O–H groups in total. The van der Waals surface area contributed by atoms with Crippen LogP contribution in [0, 0.1) is 9.86 Å². The summed E-state index contributed by atoms with van der Waals surface area (Å²) in [5.41, 5.74) is 1.93. The third-order valence-electron chi connectivity index (χ3n) is 4.70. The van der Waals surface area contributed by atoms with Crippen molar-refractivity contribution in [3.8, 4) is 9.86 Å². The van der Waals surface area contributed by atoms with Gasteiger partial charge in [-0.1, -0.05) is 0 Å². The van der Waals surface area contributed by atoms with Crippen molar-refractivity contribution in [2.24, 2.45) is 0 Å². The van der Waals surface area contributed by atoms with Gasteiger partial charge in [0.05, 0.1) is 0 Å². The summed E-state index contributed by atoms with van der Waals surface area (Å²) in [6.45, 7) is 8.42. The fourth-order valence-electron chi connectivity index (χ4n) is 3.15. The molecule has 1 aromatic carbocycles. The quantitative estimate of drug-likeness (QED) is 0.327. The van der Waals surface area contributed by atoms with E-state index >= 15 is 0 Å². The zero-order valence-corrected chi connectivity index (χ0v) is 19.4. The molecule has 138 valence electrons. The maximum atomic E-state index is 11.1. The second-order valence-corrected chi connectivity index (χ2v) is 19.4. The van der Waals surface area contributed by atoms with Crippen LogP contribution < -0.4 is 5.32 Å². The third-order valence-corrected chi connectivity index (χ3v) is 17.8. The molecule has 3 heteroatoms. The monoisotopic (exact) mass is 449 g/mol. The summed E-state index contributed by atoms with van der Waals surface area (Å²) in [5.74, 6) is 3.49. The molecule has 0 aromatic heterocycles. The Balaban J connectivity index is 2.97. The van der Waals surface area contributed by atoms with E-state index < -0.39 is 18.4 Å². The molecule has 0 spiro atoms. The van der Waals surface area contributed by atoms with Gasteiger partial charge < -0.3 is 0 Å². The number of amides is 1. The van der Waals surface area contributed by atoms with E-state index in [2.05, 4.69) is 35.9 Å². The molecule has 1 amide bonds. The number of carbonyl (C=O) groups excluding carboxylic acids is 1. The van der Waals surface area contributed by atoms with E-state index in [0.717, 1.165) is 11.3 Å². The van der Waals surface area contributed by atoms with E-state index in [1.165, 1.54) is 58.8 Å². The van der Waals surface area contributed by atoms with Crippen LogP contribution in [0.25, 0.3) is 0 Å². The molecule has 0 fully saturated rings. The number of rotatable bonds is 10. The third kappa shape index (κ3) is 8.81. The molecule has 1 aromatic rings. The molecular formula is C22H35NOSn. The van der Waals surface area contributed by atoms with Crippen molar-refractivity contribution in [3.05, 3.63) is 29.8 Å². The number of hydrogen-bond donors (Lipinski definition) is 1. The van der Waals surface area contributed by atoms with Gasteiger partial charge >= 0.3 is 159 Å². The number of carbonyl (C=O) groups is 1. The van der Waals surface area contributed by atoms with Crippen LogP contribution in [0.5, 0.6) is 0 Å². The van der Waals surface area contributed by atoms with Crippen LogP contribution in [-0.2, 0) is 4.79 Å². The van der Waals surface area contributed by atoms with Gasteiger partial charge in [0.25, 0.3) is 0 Å². The van der Waals surface area contributed by atoms with Crippen molar-refractivity contribution < 1.29 is 4.79 Å². The number of nitrogens with one attached hydrogen (secondary N) is 1. The molecule has 0 aliphatic heterocycles. The molecular weight excluding hydrogens is 413 g/mol. The first kappa shape index (κ1) is 22.1. The van der Waals surface area contributed by atoms with Crippen molar-refractivity contribution in [1.29, 1.82) is 0 Å². The number of anilines is 1. The van der Waals surface area contributed by atoms with Crippen molar-refractivity contribution in [3.63, 3.8) is 0 Å². The fraction of sp³-hybridized carbons (Fsp3) is 0.591. The summed E-state index contributed by atoms with van der Waals surface area (Å²) in [5, 5.41) is 2.81. The van der Waals surface area contributed by atoms with E-state index in [1.807, 2.05) is 24.3 Å². The Bertz CT molecular complexity index is 546. The summed E-state index contributed by atoms with van der Waals surface area (Å²) in [6.07, 6.45) is 7.89. The van der Waals surface area contributed by atoms with E-state index in [9.17, 15) is 4.79 Å². The average molecular weight is 448 g/mol. The van der Waals surface area contributed by atoms with Crippen molar-refractivity contribution >= 4 is 30.0 Å². The molecule has 0 unspecified atom stereocenters. The Morgan fingerprint density at radius 3 is 1.80 bits per heavy atom. The van der Waals surface area contributed by atoms with Gasteiger partial charge in [0.15, 0.2) is 0 Å². The predicted octanol–water partition coefficient (Wildman–Crippen LogP) is 6.38. The van der Waals surface area contributed by atoms with E-state index in [1.54, 1.807) is 0 Å². The van der Waals surface area contributed by atoms with E-state index in [0.29, 0.717) is 0 Å². The van der Waals surface area contributed by atoms with Crippen LogP contribution in [0.2, 0.25) is 13.3 Å². The number of unbranched alkanes of at least 4 members (excludes halogenated alkanes) is 3. The molecule has 0 saturated heterocycles. The Morgan fingerprint density at radius 1 is 0.920 bits per heavy atom. The van der Waals surface area contributed by atoms with Crippen molar-refractivity contribution in [2.45, 2.75) is 79.5 Å². The molecule has 0 bridgehead atoms. The number of benzene rings is 1. The Kier molecular flexibility index (Phi) is 11.0. The second kappa shape index (κ2) is 12.4. The van der Waals surface area contributed by atoms with Gasteiger partial charge in [0.2, 0.25) is 0 Å². The minimum absolute atomic E-state index is 0.0345. The molecule has 0 saturated carbocycles. The van der Waals surface area contributed by atoms with Gasteiger partial charge in [-0.3, -0.25) is 0 Å². The fourth-order valence-corrected chi connectivity index (χ4v) is 16.4. The average Bonchev–Trinajstić information content (AvgIpc) is 2.61. The van der Waals surface area contributed by atoms with Crippen LogP contribution in [0.3, 0.4) is 0 Å². The van der Waals surface area contributed by atoms with Crippen molar-refractivity contribution in [1.82, 2.24) is 0 Å². The molecule has 1 rings (SSSR count). The summed E-state index contributed by atoms with van der Waals surface area (Å²) in [7, 11) is 0. The Hall–Kier alpha value is -0.951. The molecule has 0 atom stereocenters. The number of hydrogen-bond acceptors (Lipinski definition) is 1. The van der Waals surface area contributed by atoms with E-state index in [-0.39, 0.29) is 5.91 Å².